The van der Waals surface area contributed by atoms with Crippen LogP contribution in [0.5, 0.6) is 0 Å². The van der Waals surface area contributed by atoms with Gasteiger partial charge in [-0.1, -0.05) is 0 Å². The van der Waals surface area contributed by atoms with Crippen LogP contribution in [0.25, 0.3) is 5.70 Å². The third-order valence-corrected chi connectivity index (χ3v) is 1.76. The smallest absolute Gasteiger partial charge is 0.250 e. The van der Waals surface area contributed by atoms with E-state index in [1.54, 1.807) is 32.6 Å². The number of nitrogens with zero attached hydrogens (tertiary/aromatic N) is 2. The molecule has 0 saturated carbocycles. The minimum absolute atomic E-state index is 0.0670. The van der Waals surface area contributed by atoms with Crippen LogP contribution < -0.4 is 17.1 Å². The Labute approximate surface area is 82.2 Å². The van der Waals surface area contributed by atoms with Crippen molar-refractivity contribution in [1.82, 2.24) is 9.58 Å². The van der Waals surface area contributed by atoms with Crippen molar-refractivity contribution in [3.63, 3.8) is 0 Å². The number of hydrazine groups is 1. The fourth-order valence-corrected chi connectivity index (χ4v) is 1.06. The number of aryl methyl sites for hydroxylation is 1. The van der Waals surface area contributed by atoms with E-state index in [1.165, 1.54) is 15.6 Å². The monoisotopic (exact) mass is 194 g/mol. The summed E-state index contributed by atoms with van der Waals surface area (Å²) in [6.07, 6.45) is 3.25. The number of hydrogen-bond donors (Lipinski definition) is 2. The summed E-state index contributed by atoms with van der Waals surface area (Å²) < 4.78 is 1.46. The predicted octanol–water partition coefficient (Wildman–Crippen LogP) is -0.552. The number of rotatable bonds is 2. The van der Waals surface area contributed by atoms with Crippen molar-refractivity contribution in [1.29, 1.82) is 0 Å². The maximum atomic E-state index is 11.1. The number of aromatic nitrogens is 1. The average Bonchev–Trinajstić information content (AvgIpc) is 2.08. The summed E-state index contributed by atoms with van der Waals surface area (Å²) in [5.74, 6) is 5.41. The second kappa shape index (κ2) is 3.97. The minimum atomic E-state index is -0.0670. The highest BCUT2D eigenvalue weighted by Crippen LogP contribution is 2.05. The quantitative estimate of drug-likeness (QED) is 0.489. The zero-order valence-corrected chi connectivity index (χ0v) is 8.27. The van der Waals surface area contributed by atoms with Crippen molar-refractivity contribution in [2.75, 3.05) is 7.05 Å². The van der Waals surface area contributed by atoms with E-state index < -0.39 is 0 Å². The fraction of sp³-hybridized carbons (Fsp3) is 0.222. The zero-order valence-electron chi connectivity index (χ0n) is 8.27. The van der Waals surface area contributed by atoms with Crippen LogP contribution in [0.2, 0.25) is 0 Å². The lowest BCUT2D eigenvalue weighted by Gasteiger charge is -2.08. The number of nitrogens with two attached hydrogens (primary N) is 2. The molecule has 0 fully saturated rings. The van der Waals surface area contributed by atoms with Gasteiger partial charge in [-0.3, -0.25) is 4.79 Å². The van der Waals surface area contributed by atoms with E-state index in [0.717, 1.165) is 5.56 Å². The molecule has 0 unspecified atom stereocenters. The molecular weight excluding hydrogens is 180 g/mol. The van der Waals surface area contributed by atoms with Gasteiger partial charge in [0.25, 0.3) is 0 Å². The minimum Gasteiger partial charge on any atom is -0.397 e. The molecule has 0 atom stereocenters. The van der Waals surface area contributed by atoms with Crippen LogP contribution in [0, 0.1) is 0 Å². The van der Waals surface area contributed by atoms with Crippen LogP contribution in [0.1, 0.15) is 5.56 Å². The lowest BCUT2D eigenvalue weighted by molar-refractivity contribution is 0.486. The van der Waals surface area contributed by atoms with Gasteiger partial charge in [-0.25, -0.2) is 5.84 Å². The molecule has 5 heteroatoms. The Kier molecular flexibility index (Phi) is 2.93. The largest absolute Gasteiger partial charge is 0.397 e. The third-order valence-electron chi connectivity index (χ3n) is 1.76. The van der Waals surface area contributed by atoms with E-state index in [1.807, 2.05) is 0 Å². The van der Waals surface area contributed by atoms with E-state index in [2.05, 4.69) is 0 Å². The van der Waals surface area contributed by atoms with Gasteiger partial charge in [-0.05, 0) is 6.07 Å². The van der Waals surface area contributed by atoms with Gasteiger partial charge in [0.1, 0.15) is 0 Å². The van der Waals surface area contributed by atoms with Crippen molar-refractivity contribution in [2.45, 2.75) is 0 Å². The van der Waals surface area contributed by atoms with Crippen molar-refractivity contribution < 1.29 is 0 Å². The maximum absolute atomic E-state index is 11.1. The number of pyridine rings is 1. The SMILES string of the molecule is CN(N)/C=C(\N)c1ccc(=O)n(C)c1. The van der Waals surface area contributed by atoms with Crippen LogP contribution in [0.3, 0.4) is 0 Å². The molecule has 0 spiro atoms. The van der Waals surface area contributed by atoms with Crippen molar-refractivity contribution in [3.05, 3.63) is 40.4 Å². The molecule has 0 aliphatic rings. The second-order valence-corrected chi connectivity index (χ2v) is 3.12. The Morgan fingerprint density at radius 2 is 2.21 bits per heavy atom. The second-order valence-electron chi connectivity index (χ2n) is 3.12. The fourth-order valence-electron chi connectivity index (χ4n) is 1.06. The molecule has 4 N–H and O–H groups in total. The van der Waals surface area contributed by atoms with Crippen LogP contribution >= 0.6 is 0 Å². The molecule has 5 nitrogen and oxygen atoms in total. The molecule has 0 bridgehead atoms. The molecule has 0 amide bonds. The van der Waals surface area contributed by atoms with Gasteiger partial charge in [-0.2, -0.15) is 0 Å². The molecule has 0 aliphatic carbocycles. The molecule has 76 valence electrons. The topological polar surface area (TPSA) is 77.3 Å². The zero-order chi connectivity index (χ0) is 10.7. The van der Waals surface area contributed by atoms with Gasteiger partial charge in [0.2, 0.25) is 5.56 Å². The number of hydrogen-bond acceptors (Lipinski definition) is 4. The third kappa shape index (κ3) is 2.37. The summed E-state index contributed by atoms with van der Waals surface area (Å²) in [7, 11) is 3.35. The van der Waals surface area contributed by atoms with Gasteiger partial charge in [0.05, 0.1) is 5.70 Å². The van der Waals surface area contributed by atoms with Gasteiger partial charge in [0.15, 0.2) is 0 Å². The van der Waals surface area contributed by atoms with Crippen molar-refractivity contribution in [2.24, 2.45) is 18.6 Å². The molecular formula is C9H14N4O. The first-order valence-corrected chi connectivity index (χ1v) is 4.12. The summed E-state index contributed by atoms with van der Waals surface area (Å²) >= 11 is 0. The van der Waals surface area contributed by atoms with Crippen LogP contribution in [-0.2, 0) is 7.05 Å². The van der Waals surface area contributed by atoms with Gasteiger partial charge in [0, 0.05) is 38.1 Å². The Morgan fingerprint density at radius 3 is 2.71 bits per heavy atom. The Bertz CT molecular complexity index is 406. The molecule has 0 aliphatic heterocycles. The van der Waals surface area contributed by atoms with Crippen LogP contribution in [0.4, 0.5) is 0 Å². The standard InChI is InChI=1S/C9H14N4O/c1-12-5-7(3-4-9(12)14)8(10)6-13(2)11/h3-6H,10-11H2,1-2H3/b8-6-. The van der Waals surface area contributed by atoms with Crippen LogP contribution in [-0.4, -0.2) is 16.6 Å². The Morgan fingerprint density at radius 1 is 1.57 bits per heavy atom. The van der Waals surface area contributed by atoms with Crippen molar-refractivity contribution in [3.8, 4) is 0 Å². The molecule has 0 aromatic carbocycles. The first-order chi connectivity index (χ1) is 6.50. The Hall–Kier alpha value is -1.75. The molecule has 1 heterocycles. The first-order valence-electron chi connectivity index (χ1n) is 4.12. The maximum Gasteiger partial charge on any atom is 0.250 e. The lowest BCUT2D eigenvalue weighted by atomic mass is 10.2. The van der Waals surface area contributed by atoms with Gasteiger partial charge in [-0.15, -0.1) is 0 Å². The van der Waals surface area contributed by atoms with E-state index in [-0.39, 0.29) is 5.56 Å². The first kappa shape index (κ1) is 10.3. The predicted molar refractivity (Wildman–Crippen MR) is 55.8 cm³/mol. The molecule has 1 rings (SSSR count). The average molecular weight is 194 g/mol. The van der Waals surface area contributed by atoms with Crippen molar-refractivity contribution >= 4 is 5.70 Å². The summed E-state index contributed by atoms with van der Waals surface area (Å²) in [6, 6.07) is 3.13. The van der Waals surface area contributed by atoms with Crippen LogP contribution in [0.15, 0.2) is 29.3 Å². The molecule has 0 radical (unpaired) electrons. The van der Waals surface area contributed by atoms with Gasteiger partial charge >= 0.3 is 0 Å². The molecule has 0 saturated heterocycles. The molecule has 1 aromatic rings. The van der Waals surface area contributed by atoms with E-state index >= 15 is 0 Å². The van der Waals surface area contributed by atoms with Gasteiger partial charge < -0.3 is 15.3 Å². The molecule has 1 aromatic heterocycles. The lowest BCUT2D eigenvalue weighted by Crippen LogP contribution is -2.21. The summed E-state index contributed by atoms with van der Waals surface area (Å²) in [4.78, 5) is 11.1. The Balaban J connectivity index is 3.09. The highest BCUT2D eigenvalue weighted by molar-refractivity contribution is 5.61. The summed E-state index contributed by atoms with van der Waals surface area (Å²) in [5.41, 5.74) is 6.96. The highest BCUT2D eigenvalue weighted by atomic mass is 16.1. The summed E-state index contributed by atoms with van der Waals surface area (Å²) in [6.45, 7) is 0. The van der Waals surface area contributed by atoms with E-state index in [4.69, 9.17) is 11.6 Å². The van der Waals surface area contributed by atoms with E-state index in [0.29, 0.717) is 5.70 Å². The highest BCUT2D eigenvalue weighted by Gasteiger charge is 1.98. The molecule has 14 heavy (non-hydrogen) atoms. The van der Waals surface area contributed by atoms with E-state index in [9.17, 15) is 4.79 Å². The summed E-state index contributed by atoms with van der Waals surface area (Å²) in [5, 5.41) is 1.36. The normalized spacial score (nSPS) is 11.5.